The predicted molar refractivity (Wildman–Crippen MR) is 88.5 cm³/mol. The second-order valence-corrected chi connectivity index (χ2v) is 7.53. The maximum atomic E-state index is 5.06. The van der Waals surface area contributed by atoms with Crippen LogP contribution in [-0.2, 0) is 10.8 Å². The van der Waals surface area contributed by atoms with Crippen molar-refractivity contribution in [2.75, 3.05) is 0 Å². The zero-order chi connectivity index (χ0) is 15.6. The normalized spacial score (nSPS) is 14.6. The maximum Gasteiger partial charge on any atom is 0.112 e. The molecule has 0 fully saturated rings. The molecule has 2 nitrogen and oxygen atoms in total. The largest absolute Gasteiger partial charge is 0.345 e. The zero-order valence-electron chi connectivity index (χ0n) is 14.9. The standard InChI is InChI=1S/C18H34N2/c1-9-12-18(7,8)16-19-14(13(4)10-2)15(20-16)17(5,6)11-3/h13H,9-12H2,1-8H3,(H,19,20). The monoisotopic (exact) mass is 278 g/mol. The summed E-state index contributed by atoms with van der Waals surface area (Å²) in [6, 6.07) is 0. The first-order chi connectivity index (χ1) is 9.19. The Labute approximate surface area is 125 Å². The number of hydrogen-bond acceptors (Lipinski definition) is 1. The summed E-state index contributed by atoms with van der Waals surface area (Å²) < 4.78 is 0. The van der Waals surface area contributed by atoms with Crippen LogP contribution >= 0.6 is 0 Å². The molecule has 0 saturated heterocycles. The van der Waals surface area contributed by atoms with E-state index in [1.165, 1.54) is 30.1 Å². The van der Waals surface area contributed by atoms with E-state index in [0.717, 1.165) is 12.8 Å². The van der Waals surface area contributed by atoms with Crippen molar-refractivity contribution in [1.82, 2.24) is 9.97 Å². The van der Waals surface area contributed by atoms with E-state index in [1.54, 1.807) is 0 Å². The minimum atomic E-state index is 0.138. The van der Waals surface area contributed by atoms with Gasteiger partial charge in [-0.25, -0.2) is 4.98 Å². The van der Waals surface area contributed by atoms with E-state index in [4.69, 9.17) is 4.98 Å². The van der Waals surface area contributed by atoms with Gasteiger partial charge in [-0.3, -0.25) is 0 Å². The molecule has 1 N–H and O–H groups in total. The number of nitrogens with one attached hydrogen (secondary N) is 1. The second kappa shape index (κ2) is 6.32. The fourth-order valence-electron chi connectivity index (χ4n) is 2.69. The first-order valence-corrected chi connectivity index (χ1v) is 8.30. The third-order valence-corrected chi connectivity index (χ3v) is 4.88. The van der Waals surface area contributed by atoms with Crippen molar-refractivity contribution in [3.63, 3.8) is 0 Å². The van der Waals surface area contributed by atoms with Gasteiger partial charge in [0.1, 0.15) is 5.82 Å². The molecule has 0 spiro atoms. The summed E-state index contributed by atoms with van der Waals surface area (Å²) in [5, 5.41) is 0. The minimum Gasteiger partial charge on any atom is -0.345 e. The average Bonchev–Trinajstić information content (AvgIpc) is 2.84. The molecule has 2 heteroatoms. The molecule has 0 aliphatic heterocycles. The van der Waals surface area contributed by atoms with Gasteiger partial charge in [0.2, 0.25) is 0 Å². The molecule has 20 heavy (non-hydrogen) atoms. The molecule has 0 saturated carbocycles. The Morgan fingerprint density at radius 1 is 1.05 bits per heavy atom. The van der Waals surface area contributed by atoms with Crippen LogP contribution in [0, 0.1) is 0 Å². The maximum absolute atomic E-state index is 5.06. The molecular formula is C18H34N2. The SMILES string of the molecule is CCCC(C)(C)c1nc(C(C)(C)CC)c(C(C)CC)[nH]1. The minimum absolute atomic E-state index is 0.138. The van der Waals surface area contributed by atoms with E-state index < -0.39 is 0 Å². The molecule has 1 rings (SSSR count). The Bertz CT molecular complexity index is 427. The van der Waals surface area contributed by atoms with Crippen molar-refractivity contribution in [2.24, 2.45) is 0 Å². The molecule has 0 amide bonds. The van der Waals surface area contributed by atoms with Gasteiger partial charge in [0.25, 0.3) is 0 Å². The van der Waals surface area contributed by atoms with Gasteiger partial charge < -0.3 is 4.98 Å². The van der Waals surface area contributed by atoms with E-state index in [0.29, 0.717) is 5.92 Å². The molecule has 0 radical (unpaired) electrons. The van der Waals surface area contributed by atoms with Gasteiger partial charge in [-0.1, -0.05) is 61.8 Å². The fourth-order valence-corrected chi connectivity index (χ4v) is 2.69. The first kappa shape index (κ1) is 17.3. The predicted octanol–water partition coefficient (Wildman–Crippen LogP) is 5.69. The number of imidazole rings is 1. The molecule has 0 aliphatic rings. The van der Waals surface area contributed by atoms with Gasteiger partial charge in [-0.15, -0.1) is 0 Å². The summed E-state index contributed by atoms with van der Waals surface area (Å²) in [6.45, 7) is 18.3. The number of aromatic amines is 1. The third-order valence-electron chi connectivity index (χ3n) is 4.88. The quantitative estimate of drug-likeness (QED) is 0.682. The number of hydrogen-bond donors (Lipinski definition) is 1. The summed E-state index contributed by atoms with van der Waals surface area (Å²) in [6.07, 6.45) is 4.64. The Morgan fingerprint density at radius 2 is 1.65 bits per heavy atom. The molecule has 0 aliphatic carbocycles. The molecule has 1 aromatic rings. The van der Waals surface area contributed by atoms with E-state index in [-0.39, 0.29) is 10.8 Å². The topological polar surface area (TPSA) is 28.7 Å². The Hall–Kier alpha value is -0.790. The molecule has 1 atom stereocenters. The lowest BCUT2D eigenvalue weighted by Gasteiger charge is -2.24. The summed E-state index contributed by atoms with van der Waals surface area (Å²) in [5.41, 5.74) is 2.93. The van der Waals surface area contributed by atoms with Crippen molar-refractivity contribution >= 4 is 0 Å². The van der Waals surface area contributed by atoms with Crippen LogP contribution in [0.4, 0.5) is 0 Å². The molecule has 1 aromatic heterocycles. The van der Waals surface area contributed by atoms with Crippen LogP contribution in [-0.4, -0.2) is 9.97 Å². The third kappa shape index (κ3) is 3.45. The Morgan fingerprint density at radius 3 is 2.10 bits per heavy atom. The Balaban J connectivity index is 3.33. The van der Waals surface area contributed by atoms with Crippen molar-refractivity contribution in [2.45, 2.75) is 97.8 Å². The van der Waals surface area contributed by atoms with Crippen LogP contribution in [0.1, 0.15) is 104 Å². The van der Waals surface area contributed by atoms with Crippen molar-refractivity contribution in [3.8, 4) is 0 Å². The van der Waals surface area contributed by atoms with Gasteiger partial charge in [0.15, 0.2) is 0 Å². The second-order valence-electron chi connectivity index (χ2n) is 7.53. The van der Waals surface area contributed by atoms with Crippen LogP contribution < -0.4 is 0 Å². The number of aromatic nitrogens is 2. The van der Waals surface area contributed by atoms with Gasteiger partial charge in [0.05, 0.1) is 5.69 Å². The van der Waals surface area contributed by atoms with Crippen LogP contribution in [0.15, 0.2) is 0 Å². The summed E-state index contributed by atoms with van der Waals surface area (Å²) in [7, 11) is 0. The zero-order valence-corrected chi connectivity index (χ0v) is 14.9. The highest BCUT2D eigenvalue weighted by atomic mass is 15.0. The van der Waals surface area contributed by atoms with Gasteiger partial charge in [-0.05, 0) is 25.2 Å². The number of H-pyrrole nitrogens is 1. The molecule has 1 unspecified atom stereocenters. The van der Waals surface area contributed by atoms with E-state index in [9.17, 15) is 0 Å². The lowest BCUT2D eigenvalue weighted by Crippen LogP contribution is -2.21. The lowest BCUT2D eigenvalue weighted by molar-refractivity contribution is 0.441. The Kier molecular flexibility index (Phi) is 5.46. The van der Waals surface area contributed by atoms with Gasteiger partial charge >= 0.3 is 0 Å². The van der Waals surface area contributed by atoms with Gasteiger partial charge in [0, 0.05) is 16.5 Å². The molecule has 1 heterocycles. The average molecular weight is 278 g/mol. The van der Waals surface area contributed by atoms with Crippen LogP contribution in [0.25, 0.3) is 0 Å². The highest BCUT2D eigenvalue weighted by Crippen LogP contribution is 2.36. The van der Waals surface area contributed by atoms with Gasteiger partial charge in [-0.2, -0.15) is 0 Å². The van der Waals surface area contributed by atoms with Crippen LogP contribution in [0.5, 0.6) is 0 Å². The van der Waals surface area contributed by atoms with E-state index >= 15 is 0 Å². The van der Waals surface area contributed by atoms with E-state index in [1.807, 2.05) is 0 Å². The number of rotatable bonds is 7. The van der Waals surface area contributed by atoms with Crippen molar-refractivity contribution in [1.29, 1.82) is 0 Å². The summed E-state index contributed by atoms with van der Waals surface area (Å²) in [5.74, 6) is 1.72. The highest BCUT2D eigenvalue weighted by molar-refractivity contribution is 5.28. The molecule has 0 bridgehead atoms. The number of nitrogens with zero attached hydrogens (tertiary/aromatic N) is 1. The molecular weight excluding hydrogens is 244 g/mol. The molecule has 0 aromatic carbocycles. The lowest BCUT2D eigenvalue weighted by atomic mass is 9.83. The highest BCUT2D eigenvalue weighted by Gasteiger charge is 2.31. The fraction of sp³-hybridized carbons (Fsp3) is 0.833. The first-order valence-electron chi connectivity index (χ1n) is 8.30. The van der Waals surface area contributed by atoms with Crippen molar-refractivity contribution < 1.29 is 0 Å². The summed E-state index contributed by atoms with van der Waals surface area (Å²) in [4.78, 5) is 8.74. The van der Waals surface area contributed by atoms with Crippen molar-refractivity contribution in [3.05, 3.63) is 17.2 Å². The smallest absolute Gasteiger partial charge is 0.112 e. The van der Waals surface area contributed by atoms with Crippen LogP contribution in [0.2, 0.25) is 0 Å². The summed E-state index contributed by atoms with van der Waals surface area (Å²) >= 11 is 0. The van der Waals surface area contributed by atoms with Crippen LogP contribution in [0.3, 0.4) is 0 Å². The van der Waals surface area contributed by atoms with E-state index in [2.05, 4.69) is 60.4 Å². The molecule has 116 valence electrons.